The minimum atomic E-state index is -0.160. The van der Waals surface area contributed by atoms with E-state index >= 15 is 0 Å². The van der Waals surface area contributed by atoms with Gasteiger partial charge in [-0.1, -0.05) is 26.2 Å². The summed E-state index contributed by atoms with van der Waals surface area (Å²) in [5, 5.41) is 5.00. The lowest BCUT2D eigenvalue weighted by Crippen LogP contribution is -2.34. The predicted octanol–water partition coefficient (Wildman–Crippen LogP) is 0.819. The average Bonchev–Trinajstić information content (AvgIpc) is 2.21. The molecule has 0 unspecified atom stereocenters. The molecule has 0 aliphatic carbocycles. The van der Waals surface area contributed by atoms with Gasteiger partial charge in [-0.3, -0.25) is 9.59 Å². The molecule has 82 valence electrons. The summed E-state index contributed by atoms with van der Waals surface area (Å²) in [4.78, 5) is 21.9. The topological polar surface area (TPSA) is 58.2 Å². The van der Waals surface area contributed by atoms with Gasteiger partial charge in [-0.2, -0.15) is 0 Å². The second kappa shape index (κ2) is 8.53. The lowest BCUT2D eigenvalue weighted by molar-refractivity contribution is -0.125. The van der Waals surface area contributed by atoms with E-state index < -0.39 is 0 Å². The molecule has 0 rings (SSSR count). The minimum Gasteiger partial charge on any atom is -0.358 e. The third-order valence-electron chi connectivity index (χ3n) is 1.98. The van der Waals surface area contributed by atoms with Crippen LogP contribution in [0.5, 0.6) is 0 Å². The molecule has 0 radical (unpaired) electrons. The molecule has 0 saturated heterocycles. The van der Waals surface area contributed by atoms with Crippen LogP contribution in [0, 0.1) is 0 Å². The Bertz CT molecular complexity index is 181. The van der Waals surface area contributed by atoms with Crippen molar-refractivity contribution in [2.45, 2.75) is 39.0 Å². The fourth-order valence-electron chi connectivity index (χ4n) is 1.07. The van der Waals surface area contributed by atoms with Crippen LogP contribution >= 0.6 is 0 Å². The summed E-state index contributed by atoms with van der Waals surface area (Å²) < 4.78 is 0. The molecule has 0 aliphatic heterocycles. The maximum absolute atomic E-state index is 11.1. The molecule has 0 spiro atoms. The Kier molecular flexibility index (Phi) is 7.89. The van der Waals surface area contributed by atoms with Gasteiger partial charge in [0.05, 0.1) is 6.54 Å². The highest BCUT2D eigenvalue weighted by Gasteiger charge is 2.02. The van der Waals surface area contributed by atoms with Crippen molar-refractivity contribution < 1.29 is 9.59 Å². The molecule has 0 aromatic rings. The quantitative estimate of drug-likeness (QED) is 0.598. The average molecular weight is 200 g/mol. The van der Waals surface area contributed by atoms with Gasteiger partial charge in [0.2, 0.25) is 11.8 Å². The molecule has 0 heterocycles. The summed E-state index contributed by atoms with van der Waals surface area (Å²) in [6.07, 6.45) is 4.86. The van der Waals surface area contributed by atoms with Gasteiger partial charge >= 0.3 is 0 Å². The molecular formula is C10H20N2O2. The molecule has 0 saturated carbocycles. The fourth-order valence-corrected chi connectivity index (χ4v) is 1.07. The van der Waals surface area contributed by atoms with Crippen molar-refractivity contribution >= 4 is 11.8 Å². The first-order valence-electron chi connectivity index (χ1n) is 5.18. The Balaban J connectivity index is 3.32. The Labute approximate surface area is 85.4 Å². The van der Waals surface area contributed by atoms with Crippen molar-refractivity contribution in [3.05, 3.63) is 0 Å². The van der Waals surface area contributed by atoms with Crippen LogP contribution in [0.25, 0.3) is 0 Å². The predicted molar refractivity (Wildman–Crippen MR) is 55.8 cm³/mol. The van der Waals surface area contributed by atoms with Crippen LogP contribution in [0.4, 0.5) is 0 Å². The van der Waals surface area contributed by atoms with Crippen LogP contribution in [0.3, 0.4) is 0 Å². The number of carbonyl (C=O) groups excluding carboxylic acids is 2. The monoisotopic (exact) mass is 200 g/mol. The van der Waals surface area contributed by atoms with Crippen LogP contribution in [0.15, 0.2) is 0 Å². The largest absolute Gasteiger partial charge is 0.358 e. The zero-order chi connectivity index (χ0) is 10.8. The smallest absolute Gasteiger partial charge is 0.239 e. The van der Waals surface area contributed by atoms with Crippen molar-refractivity contribution in [1.82, 2.24) is 10.6 Å². The number of likely N-dealkylation sites (N-methyl/N-ethyl adjacent to an activating group) is 1. The first-order chi connectivity index (χ1) is 6.70. The van der Waals surface area contributed by atoms with Crippen molar-refractivity contribution in [2.75, 3.05) is 13.6 Å². The number of hydrogen-bond donors (Lipinski definition) is 2. The van der Waals surface area contributed by atoms with E-state index in [1.165, 1.54) is 12.8 Å². The molecule has 14 heavy (non-hydrogen) atoms. The highest BCUT2D eigenvalue weighted by molar-refractivity contribution is 5.84. The summed E-state index contributed by atoms with van der Waals surface area (Å²) in [7, 11) is 1.55. The standard InChI is InChI=1S/C10H20N2O2/c1-3-4-5-6-7-9(13)12-8-10(14)11-2/h3-8H2,1-2H3,(H,11,14)(H,12,13). The second-order valence-corrected chi connectivity index (χ2v) is 3.26. The van der Waals surface area contributed by atoms with E-state index in [9.17, 15) is 9.59 Å². The van der Waals surface area contributed by atoms with E-state index in [1.54, 1.807) is 7.05 Å². The normalized spacial score (nSPS) is 9.57. The maximum atomic E-state index is 11.1. The lowest BCUT2D eigenvalue weighted by Gasteiger charge is -2.03. The van der Waals surface area contributed by atoms with Gasteiger partial charge in [0.1, 0.15) is 0 Å². The Morgan fingerprint density at radius 1 is 1.07 bits per heavy atom. The molecule has 0 aromatic carbocycles. The lowest BCUT2D eigenvalue weighted by atomic mass is 10.1. The van der Waals surface area contributed by atoms with Gasteiger partial charge in [-0.25, -0.2) is 0 Å². The van der Waals surface area contributed by atoms with Gasteiger partial charge < -0.3 is 10.6 Å². The molecular weight excluding hydrogens is 180 g/mol. The summed E-state index contributed by atoms with van der Waals surface area (Å²) in [5.41, 5.74) is 0. The molecule has 0 fully saturated rings. The minimum absolute atomic E-state index is 0.0373. The molecule has 2 amide bonds. The van der Waals surface area contributed by atoms with Crippen LogP contribution in [0.1, 0.15) is 39.0 Å². The van der Waals surface area contributed by atoms with E-state index in [-0.39, 0.29) is 18.4 Å². The van der Waals surface area contributed by atoms with Gasteiger partial charge in [0.15, 0.2) is 0 Å². The van der Waals surface area contributed by atoms with E-state index in [0.717, 1.165) is 12.8 Å². The number of amides is 2. The summed E-state index contributed by atoms with van der Waals surface area (Å²) in [5.74, 6) is -0.198. The number of unbranched alkanes of at least 4 members (excludes halogenated alkanes) is 3. The highest BCUT2D eigenvalue weighted by atomic mass is 16.2. The second-order valence-electron chi connectivity index (χ2n) is 3.26. The first kappa shape index (κ1) is 12.9. The molecule has 0 bridgehead atoms. The third-order valence-corrected chi connectivity index (χ3v) is 1.98. The van der Waals surface area contributed by atoms with Gasteiger partial charge in [-0.05, 0) is 6.42 Å². The van der Waals surface area contributed by atoms with Crippen molar-refractivity contribution in [2.24, 2.45) is 0 Å². The summed E-state index contributed by atoms with van der Waals surface area (Å²) in [6, 6.07) is 0. The zero-order valence-electron chi connectivity index (χ0n) is 9.06. The molecule has 4 heteroatoms. The SMILES string of the molecule is CCCCCCC(=O)NCC(=O)NC. The Morgan fingerprint density at radius 2 is 1.79 bits per heavy atom. The van der Waals surface area contributed by atoms with Crippen molar-refractivity contribution in [3.8, 4) is 0 Å². The van der Waals surface area contributed by atoms with Crippen LogP contribution in [-0.4, -0.2) is 25.4 Å². The number of nitrogens with one attached hydrogen (secondary N) is 2. The van der Waals surface area contributed by atoms with Crippen LogP contribution < -0.4 is 10.6 Å². The Morgan fingerprint density at radius 3 is 2.36 bits per heavy atom. The molecule has 0 atom stereocenters. The molecule has 4 nitrogen and oxygen atoms in total. The highest BCUT2D eigenvalue weighted by Crippen LogP contribution is 2.01. The zero-order valence-corrected chi connectivity index (χ0v) is 9.06. The maximum Gasteiger partial charge on any atom is 0.239 e. The van der Waals surface area contributed by atoms with Crippen LogP contribution in [0.2, 0.25) is 0 Å². The first-order valence-corrected chi connectivity index (χ1v) is 5.18. The number of rotatable bonds is 7. The number of carbonyl (C=O) groups is 2. The number of hydrogen-bond acceptors (Lipinski definition) is 2. The molecule has 2 N–H and O–H groups in total. The van der Waals surface area contributed by atoms with Gasteiger partial charge in [-0.15, -0.1) is 0 Å². The van der Waals surface area contributed by atoms with E-state index in [1.807, 2.05) is 0 Å². The molecule has 0 aromatic heterocycles. The van der Waals surface area contributed by atoms with Crippen molar-refractivity contribution in [1.29, 1.82) is 0 Å². The van der Waals surface area contributed by atoms with Gasteiger partial charge in [0, 0.05) is 13.5 Å². The Hall–Kier alpha value is -1.06. The van der Waals surface area contributed by atoms with E-state index in [4.69, 9.17) is 0 Å². The van der Waals surface area contributed by atoms with Gasteiger partial charge in [0.25, 0.3) is 0 Å². The summed E-state index contributed by atoms with van der Waals surface area (Å²) in [6.45, 7) is 2.22. The summed E-state index contributed by atoms with van der Waals surface area (Å²) >= 11 is 0. The van der Waals surface area contributed by atoms with E-state index in [2.05, 4.69) is 17.6 Å². The van der Waals surface area contributed by atoms with Crippen LogP contribution in [-0.2, 0) is 9.59 Å². The molecule has 0 aliphatic rings. The fraction of sp³-hybridized carbons (Fsp3) is 0.800. The third kappa shape index (κ3) is 7.58. The van der Waals surface area contributed by atoms with E-state index in [0.29, 0.717) is 6.42 Å². The van der Waals surface area contributed by atoms with Crippen molar-refractivity contribution in [3.63, 3.8) is 0 Å².